The fourth-order valence-corrected chi connectivity index (χ4v) is 3.33. The van der Waals surface area contributed by atoms with Gasteiger partial charge < -0.3 is 15.2 Å². The first-order valence-electron chi connectivity index (χ1n) is 10.2. The molecule has 0 spiro atoms. The predicted molar refractivity (Wildman–Crippen MR) is 108 cm³/mol. The third-order valence-electron chi connectivity index (χ3n) is 4.41. The number of hydrogen-bond donors (Lipinski definition) is 3. The molecule has 3 N–H and O–H groups in total. The molecule has 2 unspecified atom stereocenters. The second-order valence-electron chi connectivity index (χ2n) is 7.23. The fraction of sp³-hybridized carbons (Fsp3) is 0.842. The number of rotatable bonds is 17. The van der Waals surface area contributed by atoms with Crippen LogP contribution in [0.25, 0.3) is 0 Å². The SMILES string of the molecule is CCCCCCCCCCCC(=O)NCC(C)OC(=O)CC(C(=O)O)S(=O)(=O)O. The number of hydrogen-bond acceptors (Lipinski definition) is 6. The molecule has 0 aromatic carbocycles. The van der Waals surface area contributed by atoms with Gasteiger partial charge >= 0.3 is 11.9 Å². The quantitative estimate of drug-likeness (QED) is 0.179. The largest absolute Gasteiger partial charge is 0.480 e. The Kier molecular flexibility index (Phi) is 14.3. The summed E-state index contributed by atoms with van der Waals surface area (Å²) < 4.78 is 35.6. The van der Waals surface area contributed by atoms with Gasteiger partial charge in [0.1, 0.15) is 6.10 Å². The molecular formula is C19H35NO8S. The van der Waals surface area contributed by atoms with Gasteiger partial charge in [-0.05, 0) is 13.3 Å². The molecule has 0 saturated carbocycles. The van der Waals surface area contributed by atoms with E-state index in [1.807, 2.05) is 0 Å². The Bertz CT molecular complexity index is 605. The van der Waals surface area contributed by atoms with E-state index in [0.29, 0.717) is 6.42 Å². The van der Waals surface area contributed by atoms with E-state index in [0.717, 1.165) is 19.3 Å². The lowest BCUT2D eigenvalue weighted by atomic mass is 10.1. The maximum absolute atomic E-state index is 11.8. The van der Waals surface area contributed by atoms with Crippen LogP contribution in [-0.4, -0.2) is 53.8 Å². The van der Waals surface area contributed by atoms with Gasteiger partial charge in [0.2, 0.25) is 5.91 Å². The first-order chi connectivity index (χ1) is 13.6. The fourth-order valence-electron chi connectivity index (χ4n) is 2.73. The zero-order chi connectivity index (χ0) is 22.3. The highest BCUT2D eigenvalue weighted by Gasteiger charge is 2.34. The van der Waals surface area contributed by atoms with Crippen LogP contribution in [0.3, 0.4) is 0 Å². The molecule has 10 heteroatoms. The van der Waals surface area contributed by atoms with Crippen molar-refractivity contribution >= 4 is 28.0 Å². The van der Waals surface area contributed by atoms with Crippen molar-refractivity contribution in [3.63, 3.8) is 0 Å². The summed E-state index contributed by atoms with van der Waals surface area (Å²) >= 11 is 0. The normalized spacial score (nSPS) is 13.5. The Hall–Kier alpha value is -1.68. The van der Waals surface area contributed by atoms with Crippen LogP contribution in [0.2, 0.25) is 0 Å². The number of carbonyl (C=O) groups is 3. The monoisotopic (exact) mass is 437 g/mol. The zero-order valence-corrected chi connectivity index (χ0v) is 18.2. The standard InChI is InChI=1S/C19H35NO8S/c1-3-4-5-6-7-8-9-10-11-12-17(21)20-14-15(2)28-18(22)13-16(19(23)24)29(25,26)27/h15-16H,3-14H2,1-2H3,(H,20,21)(H,23,24)(H,25,26,27). The Balaban J connectivity index is 3.90. The number of carbonyl (C=O) groups excluding carboxylic acids is 2. The molecule has 0 fully saturated rings. The number of carboxylic acid groups (broad SMARTS) is 1. The van der Waals surface area contributed by atoms with Gasteiger partial charge in [-0.25, -0.2) is 0 Å². The number of unbranched alkanes of at least 4 members (excludes halogenated alkanes) is 8. The molecule has 170 valence electrons. The van der Waals surface area contributed by atoms with Crippen LogP contribution < -0.4 is 5.32 Å². The number of esters is 1. The lowest BCUT2D eigenvalue weighted by Gasteiger charge is -2.15. The number of ether oxygens (including phenoxy) is 1. The molecule has 2 atom stereocenters. The first kappa shape index (κ1) is 27.3. The van der Waals surface area contributed by atoms with Gasteiger partial charge in [0.25, 0.3) is 10.1 Å². The van der Waals surface area contributed by atoms with Gasteiger partial charge in [-0.15, -0.1) is 0 Å². The van der Waals surface area contributed by atoms with Crippen molar-refractivity contribution in [2.24, 2.45) is 0 Å². The Morgan fingerprint density at radius 2 is 1.48 bits per heavy atom. The molecular weight excluding hydrogens is 402 g/mol. The maximum atomic E-state index is 11.8. The topological polar surface area (TPSA) is 147 Å². The van der Waals surface area contributed by atoms with Crippen LogP contribution in [0.1, 0.15) is 84.5 Å². The second-order valence-corrected chi connectivity index (χ2v) is 8.83. The molecule has 0 aliphatic rings. The number of aliphatic carboxylic acids is 1. The molecule has 0 aromatic heterocycles. The van der Waals surface area contributed by atoms with Gasteiger partial charge in [-0.1, -0.05) is 58.3 Å². The van der Waals surface area contributed by atoms with Gasteiger partial charge in [0, 0.05) is 6.42 Å². The molecule has 0 aliphatic carbocycles. The molecule has 0 saturated heterocycles. The van der Waals surface area contributed by atoms with E-state index >= 15 is 0 Å². The van der Waals surface area contributed by atoms with Crippen LogP contribution in [0, 0.1) is 0 Å². The van der Waals surface area contributed by atoms with Crippen molar-refractivity contribution in [3.8, 4) is 0 Å². The van der Waals surface area contributed by atoms with E-state index < -0.39 is 39.8 Å². The van der Waals surface area contributed by atoms with E-state index in [2.05, 4.69) is 12.2 Å². The van der Waals surface area contributed by atoms with Gasteiger partial charge in [-0.3, -0.25) is 18.9 Å². The van der Waals surface area contributed by atoms with E-state index in [1.54, 1.807) is 0 Å². The van der Waals surface area contributed by atoms with Crippen molar-refractivity contribution in [1.29, 1.82) is 0 Å². The second kappa shape index (κ2) is 15.2. The van der Waals surface area contributed by atoms with Crippen LogP contribution in [0.5, 0.6) is 0 Å². The summed E-state index contributed by atoms with van der Waals surface area (Å²) in [5.74, 6) is -3.10. The van der Waals surface area contributed by atoms with Gasteiger partial charge in [0.05, 0.1) is 13.0 Å². The number of carboxylic acids is 1. The van der Waals surface area contributed by atoms with Gasteiger partial charge in [0.15, 0.2) is 5.25 Å². The number of amides is 1. The maximum Gasteiger partial charge on any atom is 0.325 e. The zero-order valence-electron chi connectivity index (χ0n) is 17.4. The summed E-state index contributed by atoms with van der Waals surface area (Å²) in [5, 5.41) is 9.09. The summed E-state index contributed by atoms with van der Waals surface area (Å²) in [6.45, 7) is 3.71. The van der Waals surface area contributed by atoms with E-state index in [1.165, 1.54) is 45.4 Å². The molecule has 0 bridgehead atoms. The third kappa shape index (κ3) is 14.9. The van der Waals surface area contributed by atoms with E-state index in [4.69, 9.17) is 14.4 Å². The van der Waals surface area contributed by atoms with Crippen LogP contribution in [-0.2, 0) is 29.2 Å². The van der Waals surface area contributed by atoms with Crippen molar-refractivity contribution in [3.05, 3.63) is 0 Å². The minimum atomic E-state index is -4.91. The van der Waals surface area contributed by atoms with Crippen molar-refractivity contribution in [2.75, 3.05) is 6.54 Å². The molecule has 0 radical (unpaired) electrons. The highest BCUT2D eigenvalue weighted by Crippen LogP contribution is 2.11. The summed E-state index contributed by atoms with van der Waals surface area (Å²) in [4.78, 5) is 34.2. The Morgan fingerprint density at radius 3 is 1.97 bits per heavy atom. The lowest BCUT2D eigenvalue weighted by molar-refractivity contribution is -0.151. The first-order valence-corrected chi connectivity index (χ1v) is 11.7. The predicted octanol–water partition coefficient (Wildman–Crippen LogP) is 2.69. The van der Waals surface area contributed by atoms with Crippen molar-refractivity contribution in [1.82, 2.24) is 5.32 Å². The minimum absolute atomic E-state index is 0.0333. The molecule has 0 aliphatic heterocycles. The third-order valence-corrected chi connectivity index (χ3v) is 5.50. The van der Waals surface area contributed by atoms with Crippen LogP contribution in [0.15, 0.2) is 0 Å². The summed E-state index contributed by atoms with van der Waals surface area (Å²) in [5.41, 5.74) is 0. The molecule has 1 amide bonds. The summed E-state index contributed by atoms with van der Waals surface area (Å²) in [7, 11) is -4.91. The summed E-state index contributed by atoms with van der Waals surface area (Å²) in [6.07, 6.45) is 8.96. The minimum Gasteiger partial charge on any atom is -0.480 e. The van der Waals surface area contributed by atoms with Crippen LogP contribution in [0.4, 0.5) is 0 Å². The highest BCUT2D eigenvalue weighted by atomic mass is 32.2. The molecule has 29 heavy (non-hydrogen) atoms. The summed E-state index contributed by atoms with van der Waals surface area (Å²) in [6, 6.07) is 0. The van der Waals surface area contributed by atoms with E-state index in [-0.39, 0.29) is 12.5 Å². The molecule has 0 heterocycles. The molecule has 9 nitrogen and oxygen atoms in total. The van der Waals surface area contributed by atoms with Crippen molar-refractivity contribution in [2.45, 2.75) is 95.8 Å². The van der Waals surface area contributed by atoms with Crippen molar-refractivity contribution < 1.29 is 37.2 Å². The smallest absolute Gasteiger partial charge is 0.325 e. The highest BCUT2D eigenvalue weighted by molar-refractivity contribution is 7.87. The molecule has 0 aromatic rings. The van der Waals surface area contributed by atoms with Crippen LogP contribution >= 0.6 is 0 Å². The Morgan fingerprint density at radius 1 is 0.966 bits per heavy atom. The van der Waals surface area contributed by atoms with Gasteiger partial charge in [-0.2, -0.15) is 8.42 Å². The lowest BCUT2D eigenvalue weighted by Crippen LogP contribution is -2.36. The van der Waals surface area contributed by atoms with E-state index in [9.17, 15) is 22.8 Å². The average Bonchev–Trinajstić information content (AvgIpc) is 2.62. The Labute approximate surface area is 173 Å². The molecule has 0 rings (SSSR count). The average molecular weight is 438 g/mol. The number of nitrogens with one attached hydrogen (secondary N) is 1.